The molecular weight excluding hydrogens is 232 g/mol. The van der Waals surface area contributed by atoms with Crippen LogP contribution in [0.2, 0.25) is 0 Å². The van der Waals surface area contributed by atoms with Gasteiger partial charge in [-0.3, -0.25) is 4.79 Å². The second-order valence-corrected chi connectivity index (χ2v) is 3.68. The molecule has 0 heterocycles. The molecule has 0 aromatic heterocycles. The Morgan fingerprint density at radius 1 is 1.22 bits per heavy atom. The number of rotatable bonds is 8. The SMILES string of the molecule is COCCOCOc1ccc(/C=C/C(C)=O)cc1. The molecule has 0 radical (unpaired) electrons. The van der Waals surface area contributed by atoms with Crippen LogP contribution in [-0.4, -0.2) is 32.9 Å². The van der Waals surface area contributed by atoms with Gasteiger partial charge in [0.2, 0.25) is 0 Å². The van der Waals surface area contributed by atoms with Gasteiger partial charge >= 0.3 is 0 Å². The van der Waals surface area contributed by atoms with E-state index in [1.54, 1.807) is 13.2 Å². The molecule has 0 amide bonds. The summed E-state index contributed by atoms with van der Waals surface area (Å²) in [5.74, 6) is 0.759. The van der Waals surface area contributed by atoms with Crippen LogP contribution in [0.15, 0.2) is 30.3 Å². The standard InChI is InChI=1S/C14H18O4/c1-12(15)3-4-13-5-7-14(8-6-13)18-11-17-10-9-16-2/h3-8H,9-11H2,1-2H3/b4-3+. The van der Waals surface area contributed by atoms with E-state index in [0.717, 1.165) is 11.3 Å². The summed E-state index contributed by atoms with van der Waals surface area (Å²) in [5, 5.41) is 0. The number of carbonyl (C=O) groups excluding carboxylic acids is 1. The van der Waals surface area contributed by atoms with Gasteiger partial charge in [0.15, 0.2) is 12.6 Å². The van der Waals surface area contributed by atoms with Crippen molar-refractivity contribution in [2.45, 2.75) is 6.92 Å². The summed E-state index contributed by atoms with van der Waals surface area (Å²) >= 11 is 0. The summed E-state index contributed by atoms with van der Waals surface area (Å²) in [7, 11) is 1.62. The molecule has 0 saturated heterocycles. The quantitative estimate of drug-likeness (QED) is 0.403. The lowest BCUT2D eigenvalue weighted by Gasteiger charge is -2.06. The topological polar surface area (TPSA) is 44.8 Å². The van der Waals surface area contributed by atoms with Crippen LogP contribution in [0.5, 0.6) is 5.75 Å². The minimum absolute atomic E-state index is 0.0295. The van der Waals surface area contributed by atoms with E-state index in [1.807, 2.05) is 24.3 Å². The lowest BCUT2D eigenvalue weighted by molar-refractivity contribution is -0.112. The predicted octanol–water partition coefficient (Wildman–Crippen LogP) is 2.29. The van der Waals surface area contributed by atoms with Gasteiger partial charge in [0.05, 0.1) is 13.2 Å². The molecule has 1 aromatic carbocycles. The van der Waals surface area contributed by atoms with Crippen LogP contribution in [-0.2, 0) is 14.3 Å². The molecule has 0 fully saturated rings. The third kappa shape index (κ3) is 6.18. The minimum Gasteiger partial charge on any atom is -0.468 e. The van der Waals surface area contributed by atoms with Gasteiger partial charge in [-0.15, -0.1) is 0 Å². The summed E-state index contributed by atoms with van der Waals surface area (Å²) in [4.78, 5) is 10.8. The van der Waals surface area contributed by atoms with E-state index in [-0.39, 0.29) is 12.6 Å². The van der Waals surface area contributed by atoms with Crippen molar-refractivity contribution < 1.29 is 19.0 Å². The number of carbonyl (C=O) groups is 1. The van der Waals surface area contributed by atoms with E-state index < -0.39 is 0 Å². The molecule has 0 aliphatic carbocycles. The molecule has 4 nitrogen and oxygen atoms in total. The first-order chi connectivity index (χ1) is 8.72. The lowest BCUT2D eigenvalue weighted by atomic mass is 10.2. The Bertz CT molecular complexity index is 381. The van der Waals surface area contributed by atoms with Crippen LogP contribution in [0.3, 0.4) is 0 Å². The Kier molecular flexibility index (Phi) is 6.76. The number of ether oxygens (including phenoxy) is 3. The van der Waals surface area contributed by atoms with Crippen molar-refractivity contribution in [2.75, 3.05) is 27.1 Å². The molecule has 0 saturated carbocycles. The molecule has 0 aliphatic rings. The maximum absolute atomic E-state index is 10.8. The van der Waals surface area contributed by atoms with Crippen LogP contribution in [0.25, 0.3) is 6.08 Å². The molecule has 0 N–H and O–H groups in total. The number of allylic oxidation sites excluding steroid dienone is 1. The largest absolute Gasteiger partial charge is 0.468 e. The highest BCUT2D eigenvalue weighted by molar-refractivity contribution is 5.91. The number of benzene rings is 1. The monoisotopic (exact) mass is 250 g/mol. The van der Waals surface area contributed by atoms with Crippen molar-refractivity contribution in [3.8, 4) is 5.75 Å². The van der Waals surface area contributed by atoms with Gasteiger partial charge in [-0.1, -0.05) is 18.2 Å². The van der Waals surface area contributed by atoms with Crippen LogP contribution in [0.4, 0.5) is 0 Å². The van der Waals surface area contributed by atoms with Crippen LogP contribution in [0, 0.1) is 0 Å². The molecule has 98 valence electrons. The Morgan fingerprint density at radius 2 is 1.94 bits per heavy atom. The van der Waals surface area contributed by atoms with Gasteiger partial charge < -0.3 is 14.2 Å². The Hall–Kier alpha value is -1.65. The fraction of sp³-hybridized carbons (Fsp3) is 0.357. The van der Waals surface area contributed by atoms with Crippen LogP contribution >= 0.6 is 0 Å². The second kappa shape index (κ2) is 8.44. The molecule has 0 aliphatic heterocycles. The van der Waals surface area contributed by atoms with Crippen molar-refractivity contribution in [1.82, 2.24) is 0 Å². The number of hydrogen-bond acceptors (Lipinski definition) is 4. The Balaban J connectivity index is 2.34. The first-order valence-electron chi connectivity index (χ1n) is 5.70. The predicted molar refractivity (Wildman–Crippen MR) is 69.5 cm³/mol. The van der Waals surface area contributed by atoms with E-state index in [4.69, 9.17) is 14.2 Å². The van der Waals surface area contributed by atoms with Crippen molar-refractivity contribution in [3.63, 3.8) is 0 Å². The maximum atomic E-state index is 10.8. The highest BCUT2D eigenvalue weighted by Gasteiger charge is 1.94. The van der Waals surface area contributed by atoms with Crippen molar-refractivity contribution in [1.29, 1.82) is 0 Å². The average molecular weight is 250 g/mol. The minimum atomic E-state index is 0.0295. The van der Waals surface area contributed by atoms with Crippen LogP contribution in [0.1, 0.15) is 12.5 Å². The highest BCUT2D eigenvalue weighted by Crippen LogP contribution is 2.13. The van der Waals surface area contributed by atoms with E-state index >= 15 is 0 Å². The van der Waals surface area contributed by atoms with Crippen molar-refractivity contribution in [3.05, 3.63) is 35.9 Å². The van der Waals surface area contributed by atoms with E-state index in [9.17, 15) is 4.79 Å². The summed E-state index contributed by atoms with van der Waals surface area (Å²) < 4.78 is 15.4. The second-order valence-electron chi connectivity index (χ2n) is 3.68. The summed E-state index contributed by atoms with van der Waals surface area (Å²) in [5.41, 5.74) is 0.956. The third-order valence-electron chi connectivity index (χ3n) is 2.13. The molecule has 0 atom stereocenters. The Labute approximate surface area is 107 Å². The third-order valence-corrected chi connectivity index (χ3v) is 2.13. The van der Waals surface area contributed by atoms with Gasteiger partial charge in [-0.25, -0.2) is 0 Å². The molecule has 1 aromatic rings. The van der Waals surface area contributed by atoms with Gasteiger partial charge in [0.1, 0.15) is 5.75 Å². The number of methoxy groups -OCH3 is 1. The molecule has 0 spiro atoms. The molecule has 1 rings (SSSR count). The van der Waals surface area contributed by atoms with Gasteiger partial charge in [-0.2, -0.15) is 0 Å². The first-order valence-corrected chi connectivity index (χ1v) is 5.70. The summed E-state index contributed by atoms with van der Waals surface area (Å²) in [6, 6.07) is 7.42. The van der Waals surface area contributed by atoms with Gasteiger partial charge in [-0.05, 0) is 30.7 Å². The average Bonchev–Trinajstić information content (AvgIpc) is 2.37. The first kappa shape index (κ1) is 14.4. The van der Waals surface area contributed by atoms with Crippen molar-refractivity contribution in [2.24, 2.45) is 0 Å². The zero-order valence-electron chi connectivity index (χ0n) is 10.7. The summed E-state index contributed by atoms with van der Waals surface area (Å²) in [6.07, 6.45) is 3.30. The summed E-state index contributed by atoms with van der Waals surface area (Å²) in [6.45, 7) is 2.78. The van der Waals surface area contributed by atoms with Crippen LogP contribution < -0.4 is 4.74 Å². The fourth-order valence-electron chi connectivity index (χ4n) is 1.20. The highest BCUT2D eigenvalue weighted by atomic mass is 16.7. The van der Waals surface area contributed by atoms with E-state index in [0.29, 0.717) is 13.2 Å². The maximum Gasteiger partial charge on any atom is 0.189 e. The van der Waals surface area contributed by atoms with E-state index in [1.165, 1.54) is 13.0 Å². The molecular formula is C14H18O4. The Morgan fingerprint density at radius 3 is 2.56 bits per heavy atom. The number of hydrogen-bond donors (Lipinski definition) is 0. The van der Waals surface area contributed by atoms with Crippen molar-refractivity contribution >= 4 is 11.9 Å². The van der Waals surface area contributed by atoms with Gasteiger partial charge in [0, 0.05) is 7.11 Å². The van der Waals surface area contributed by atoms with E-state index in [2.05, 4.69) is 0 Å². The molecule has 0 unspecified atom stereocenters. The fourth-order valence-corrected chi connectivity index (χ4v) is 1.20. The molecule has 4 heteroatoms. The molecule has 18 heavy (non-hydrogen) atoms. The zero-order chi connectivity index (χ0) is 13.2. The smallest absolute Gasteiger partial charge is 0.189 e. The van der Waals surface area contributed by atoms with Gasteiger partial charge in [0.25, 0.3) is 0 Å². The normalized spacial score (nSPS) is 10.8. The molecule has 0 bridgehead atoms. The lowest BCUT2D eigenvalue weighted by Crippen LogP contribution is -2.07. The number of ketones is 1. The zero-order valence-corrected chi connectivity index (χ0v) is 10.7.